The predicted molar refractivity (Wildman–Crippen MR) is 156 cm³/mol. The second-order valence-corrected chi connectivity index (χ2v) is 11.6. The molecule has 1 fully saturated rings. The third kappa shape index (κ3) is 5.44. The summed E-state index contributed by atoms with van der Waals surface area (Å²) in [7, 11) is 1.26. The third-order valence-corrected chi connectivity index (χ3v) is 8.92. The first kappa shape index (κ1) is 28.4. The van der Waals surface area contributed by atoms with Gasteiger partial charge in [-0.15, -0.1) is 10.2 Å². The SMILES string of the molecule is COC(=O)c1ccc(C2/C(=C(/O)c3ccc4c(c3)OCCO4)C(=O)C(=O)N2c2nnc(SCc3ccccc3F)s2)cc1. The molecule has 0 saturated carbocycles. The van der Waals surface area contributed by atoms with Crippen molar-refractivity contribution < 1.29 is 38.1 Å². The Balaban J connectivity index is 1.40. The van der Waals surface area contributed by atoms with Crippen molar-refractivity contribution in [1.82, 2.24) is 10.2 Å². The Morgan fingerprint density at radius 3 is 2.51 bits per heavy atom. The van der Waals surface area contributed by atoms with Gasteiger partial charge in [-0.3, -0.25) is 14.5 Å². The fourth-order valence-electron chi connectivity index (χ4n) is 4.72. The number of ether oxygens (including phenoxy) is 3. The number of carbonyl (C=O) groups is 3. The van der Waals surface area contributed by atoms with Gasteiger partial charge in [0.2, 0.25) is 5.13 Å². The molecule has 10 nitrogen and oxygen atoms in total. The van der Waals surface area contributed by atoms with Gasteiger partial charge in [0.05, 0.1) is 24.3 Å². The lowest BCUT2D eigenvalue weighted by atomic mass is 9.94. The summed E-state index contributed by atoms with van der Waals surface area (Å²) in [4.78, 5) is 40.3. The summed E-state index contributed by atoms with van der Waals surface area (Å²) >= 11 is 2.29. The lowest BCUT2D eigenvalue weighted by molar-refractivity contribution is -0.132. The van der Waals surface area contributed by atoms with Crippen molar-refractivity contribution in [2.24, 2.45) is 0 Å². The van der Waals surface area contributed by atoms with Crippen LogP contribution in [0.2, 0.25) is 0 Å². The first-order valence-electron chi connectivity index (χ1n) is 12.9. The molecular formula is C30H22FN3O7S2. The second kappa shape index (κ2) is 11.9. The van der Waals surface area contributed by atoms with E-state index in [-0.39, 0.29) is 33.4 Å². The monoisotopic (exact) mass is 619 g/mol. The van der Waals surface area contributed by atoms with Gasteiger partial charge < -0.3 is 19.3 Å². The maximum Gasteiger partial charge on any atom is 0.337 e. The van der Waals surface area contributed by atoms with Crippen LogP contribution in [0.15, 0.2) is 76.6 Å². The standard InChI is InChI=1S/C30H22FN3O7S2/c1-39-28(38)17-8-6-16(7-9-17)24-23(25(35)18-10-11-21-22(14-18)41-13-12-40-21)26(36)27(37)34(24)29-32-33-30(43-29)42-15-19-4-2-3-5-20(19)31/h2-11,14,24,35H,12-13,15H2,1H3/b25-23-. The van der Waals surface area contributed by atoms with Crippen LogP contribution in [0.5, 0.6) is 11.5 Å². The molecule has 2 aliphatic rings. The van der Waals surface area contributed by atoms with Crippen LogP contribution in [0.1, 0.15) is 33.1 Å². The number of carbonyl (C=O) groups excluding carboxylic acids is 3. The summed E-state index contributed by atoms with van der Waals surface area (Å²) in [5, 5.41) is 19.9. The van der Waals surface area contributed by atoms with Gasteiger partial charge in [-0.25, -0.2) is 9.18 Å². The van der Waals surface area contributed by atoms with Gasteiger partial charge >= 0.3 is 11.9 Å². The Bertz CT molecular complexity index is 1770. The first-order chi connectivity index (χ1) is 20.9. The Labute approximate surface area is 252 Å². The fourth-order valence-corrected chi connectivity index (χ4v) is 6.58. The van der Waals surface area contributed by atoms with E-state index in [1.165, 1.54) is 48.0 Å². The van der Waals surface area contributed by atoms with Crippen LogP contribution in [0, 0.1) is 5.82 Å². The molecule has 1 amide bonds. The third-order valence-electron chi connectivity index (χ3n) is 6.82. The number of Topliss-reactive ketones (excluding diaryl/α,β-unsaturated/α-hetero) is 1. The van der Waals surface area contributed by atoms with E-state index in [2.05, 4.69) is 10.2 Å². The van der Waals surface area contributed by atoms with Crippen LogP contribution in [0.4, 0.5) is 9.52 Å². The molecule has 13 heteroatoms. The number of halogens is 1. The van der Waals surface area contributed by atoms with Crippen LogP contribution < -0.4 is 14.4 Å². The zero-order valence-electron chi connectivity index (χ0n) is 22.5. The molecule has 1 unspecified atom stereocenters. The molecule has 4 aromatic rings. The van der Waals surface area contributed by atoms with Crippen molar-refractivity contribution in [3.63, 3.8) is 0 Å². The number of benzene rings is 3. The predicted octanol–water partition coefficient (Wildman–Crippen LogP) is 5.15. The summed E-state index contributed by atoms with van der Waals surface area (Å²) in [5.74, 6) is -2.00. The highest BCUT2D eigenvalue weighted by Crippen LogP contribution is 2.45. The number of rotatable bonds is 7. The van der Waals surface area contributed by atoms with E-state index in [1.54, 1.807) is 42.5 Å². The van der Waals surface area contributed by atoms with Crippen LogP contribution in [-0.2, 0) is 20.1 Å². The van der Waals surface area contributed by atoms with Crippen molar-refractivity contribution in [2.45, 2.75) is 16.1 Å². The Morgan fingerprint density at radius 1 is 1.05 bits per heavy atom. The van der Waals surface area contributed by atoms with Crippen LogP contribution in [0.25, 0.3) is 5.76 Å². The topological polar surface area (TPSA) is 128 Å². The molecule has 0 spiro atoms. The van der Waals surface area contributed by atoms with Gasteiger partial charge in [0.25, 0.3) is 5.78 Å². The Kier molecular flexibility index (Phi) is 7.82. The number of anilines is 1. The highest BCUT2D eigenvalue weighted by Gasteiger charge is 2.48. The molecule has 3 aromatic carbocycles. The first-order valence-corrected chi connectivity index (χ1v) is 14.7. The van der Waals surface area contributed by atoms with Crippen molar-refractivity contribution >= 4 is 51.6 Å². The molecule has 6 rings (SSSR count). The average Bonchev–Trinajstić information content (AvgIpc) is 3.61. The number of hydrogen-bond donors (Lipinski definition) is 1. The normalized spacial score (nSPS) is 17.3. The van der Waals surface area contributed by atoms with Crippen LogP contribution in [-0.4, -0.2) is 53.3 Å². The van der Waals surface area contributed by atoms with Crippen LogP contribution in [0.3, 0.4) is 0 Å². The van der Waals surface area contributed by atoms with Gasteiger partial charge in [-0.2, -0.15) is 0 Å². The maximum atomic E-state index is 14.1. The minimum absolute atomic E-state index is 0.112. The highest BCUT2D eigenvalue weighted by atomic mass is 32.2. The van der Waals surface area contributed by atoms with E-state index in [0.29, 0.717) is 40.2 Å². The largest absolute Gasteiger partial charge is 0.507 e. The molecule has 0 aliphatic carbocycles. The number of nitrogens with zero attached hydrogens (tertiary/aromatic N) is 3. The number of aliphatic hydroxyl groups is 1. The molecule has 43 heavy (non-hydrogen) atoms. The molecule has 1 saturated heterocycles. The number of thioether (sulfide) groups is 1. The molecular weight excluding hydrogens is 597 g/mol. The van der Waals surface area contributed by atoms with E-state index in [9.17, 15) is 23.9 Å². The van der Waals surface area contributed by atoms with Gasteiger partial charge in [0.15, 0.2) is 15.8 Å². The minimum atomic E-state index is -1.10. The summed E-state index contributed by atoms with van der Waals surface area (Å²) in [6.45, 7) is 0.704. The lowest BCUT2D eigenvalue weighted by Gasteiger charge is -2.23. The van der Waals surface area contributed by atoms with Crippen molar-refractivity contribution in [1.29, 1.82) is 0 Å². The minimum Gasteiger partial charge on any atom is -0.507 e. The molecule has 1 aromatic heterocycles. The zero-order chi connectivity index (χ0) is 30.1. The van der Waals surface area contributed by atoms with Crippen LogP contribution >= 0.6 is 23.1 Å². The molecule has 1 atom stereocenters. The van der Waals surface area contributed by atoms with Crippen molar-refractivity contribution in [2.75, 3.05) is 25.2 Å². The number of aromatic nitrogens is 2. The lowest BCUT2D eigenvalue weighted by Crippen LogP contribution is -2.29. The fraction of sp³-hybridized carbons (Fsp3) is 0.167. The van der Waals surface area contributed by atoms with E-state index in [1.807, 2.05) is 0 Å². The van der Waals surface area contributed by atoms with Gasteiger partial charge in [-0.05, 0) is 47.5 Å². The summed E-state index contributed by atoms with van der Waals surface area (Å²) in [6.07, 6.45) is 0. The number of aliphatic hydroxyl groups excluding tert-OH is 1. The highest BCUT2D eigenvalue weighted by molar-refractivity contribution is 8.00. The molecule has 1 N–H and O–H groups in total. The number of ketones is 1. The average molecular weight is 620 g/mol. The number of fused-ring (bicyclic) bond motifs is 1. The Hall–Kier alpha value is -4.75. The van der Waals surface area contributed by atoms with E-state index in [4.69, 9.17) is 14.2 Å². The molecule has 0 bridgehead atoms. The maximum absolute atomic E-state index is 14.1. The molecule has 2 aliphatic heterocycles. The van der Waals surface area contributed by atoms with E-state index < -0.39 is 29.5 Å². The number of esters is 1. The summed E-state index contributed by atoms with van der Waals surface area (Å²) in [5.41, 5.74) is 1.24. The quantitative estimate of drug-likeness (QED) is 0.0741. The Morgan fingerprint density at radius 2 is 1.77 bits per heavy atom. The summed E-state index contributed by atoms with van der Waals surface area (Å²) < 4.78 is 30.5. The molecule has 218 valence electrons. The number of hydrogen-bond acceptors (Lipinski definition) is 11. The number of methoxy groups -OCH3 is 1. The smallest absolute Gasteiger partial charge is 0.337 e. The van der Waals surface area contributed by atoms with E-state index >= 15 is 0 Å². The van der Waals surface area contributed by atoms with E-state index in [0.717, 1.165) is 11.3 Å². The van der Waals surface area contributed by atoms with Gasteiger partial charge in [0, 0.05) is 11.3 Å². The van der Waals surface area contributed by atoms with Gasteiger partial charge in [-0.1, -0.05) is 53.4 Å². The number of amides is 1. The van der Waals surface area contributed by atoms with Crippen molar-refractivity contribution in [3.05, 3.63) is 100 Å². The molecule has 3 heterocycles. The molecule has 0 radical (unpaired) electrons. The van der Waals surface area contributed by atoms with Gasteiger partial charge in [0.1, 0.15) is 24.8 Å². The summed E-state index contributed by atoms with van der Waals surface area (Å²) in [6, 6.07) is 16.1. The zero-order valence-corrected chi connectivity index (χ0v) is 24.1. The van der Waals surface area contributed by atoms with Crippen molar-refractivity contribution in [3.8, 4) is 11.5 Å². The second-order valence-electron chi connectivity index (χ2n) is 9.37.